The second-order valence-electron chi connectivity index (χ2n) is 7.94. The molecule has 2 N–H and O–H groups in total. The summed E-state index contributed by atoms with van der Waals surface area (Å²) in [5.41, 5.74) is 1.33. The summed E-state index contributed by atoms with van der Waals surface area (Å²) in [5, 5.41) is 8.13. The molecule has 4 nitrogen and oxygen atoms in total. The number of hydrogen-bond acceptors (Lipinski definition) is 2. The van der Waals surface area contributed by atoms with Gasteiger partial charge in [-0.3, -0.25) is 4.99 Å². The Hall–Kier alpha value is -0.530. The molecule has 4 unspecified atom stereocenters. The monoisotopic (exact) mass is 488 g/mol. The van der Waals surface area contributed by atoms with Crippen molar-refractivity contribution < 1.29 is 0 Å². The predicted molar refractivity (Wildman–Crippen MR) is 120 cm³/mol. The van der Waals surface area contributed by atoms with Crippen molar-refractivity contribution in [2.75, 3.05) is 14.1 Å². The Balaban J connectivity index is 0.00000196. The smallest absolute Gasteiger partial charge is 0.191 e. The molecule has 2 bridgehead atoms. The van der Waals surface area contributed by atoms with Crippen molar-refractivity contribution in [3.8, 4) is 0 Å². The van der Waals surface area contributed by atoms with E-state index in [0.29, 0.717) is 18.0 Å². The van der Waals surface area contributed by atoms with Gasteiger partial charge in [0.15, 0.2) is 5.96 Å². The lowest BCUT2D eigenvalue weighted by molar-refractivity contribution is 0.0526. The average molecular weight is 489 g/mol. The largest absolute Gasteiger partial charge is 0.354 e. The molecule has 1 aromatic rings. The van der Waals surface area contributed by atoms with E-state index in [0.717, 1.165) is 29.5 Å². The van der Waals surface area contributed by atoms with Crippen LogP contribution in [0.25, 0.3) is 0 Å². The van der Waals surface area contributed by atoms with Gasteiger partial charge in [-0.15, -0.1) is 24.0 Å². The average Bonchev–Trinajstić information content (AvgIpc) is 3.34. The van der Waals surface area contributed by atoms with Gasteiger partial charge in [0, 0.05) is 42.2 Å². The highest BCUT2D eigenvalue weighted by atomic mass is 127. The molecule has 3 fully saturated rings. The lowest BCUT2D eigenvalue weighted by Gasteiger charge is -2.47. The van der Waals surface area contributed by atoms with Crippen LogP contribution in [0.15, 0.2) is 29.3 Å². The standard InChI is InChI=1S/C20H29ClN4.HI/c1-22-20(23-15-10-16-7-4-8-17(11-15)25(16)2)24-19-12-18(19)13-5-3-6-14(21)9-13;/h3,5-6,9,15-19H,4,7-8,10-12H2,1-2H3,(H2,22,23,24);1H. The zero-order valence-electron chi connectivity index (χ0n) is 15.6. The predicted octanol–water partition coefficient (Wildman–Crippen LogP) is 3.99. The molecule has 0 amide bonds. The molecular formula is C20H30ClIN4. The number of nitrogens with zero attached hydrogens (tertiary/aromatic N) is 2. The van der Waals surface area contributed by atoms with E-state index in [1.54, 1.807) is 0 Å². The highest BCUT2D eigenvalue weighted by Crippen LogP contribution is 2.41. The minimum Gasteiger partial charge on any atom is -0.354 e. The van der Waals surface area contributed by atoms with Crippen molar-refractivity contribution in [1.82, 2.24) is 15.5 Å². The van der Waals surface area contributed by atoms with Gasteiger partial charge in [-0.2, -0.15) is 0 Å². The Morgan fingerprint density at radius 2 is 1.88 bits per heavy atom. The van der Waals surface area contributed by atoms with E-state index in [-0.39, 0.29) is 24.0 Å². The summed E-state index contributed by atoms with van der Waals surface area (Å²) in [6, 6.07) is 10.7. The first kappa shape index (κ1) is 20.2. The fourth-order valence-electron chi connectivity index (χ4n) is 4.73. The van der Waals surface area contributed by atoms with Crippen molar-refractivity contribution in [3.05, 3.63) is 34.9 Å². The maximum Gasteiger partial charge on any atom is 0.191 e. The number of fused-ring (bicyclic) bond motifs is 2. The summed E-state index contributed by atoms with van der Waals surface area (Å²) >= 11 is 6.12. The van der Waals surface area contributed by atoms with E-state index in [9.17, 15) is 0 Å². The molecule has 144 valence electrons. The van der Waals surface area contributed by atoms with Gasteiger partial charge in [-0.1, -0.05) is 30.2 Å². The molecule has 3 aliphatic rings. The van der Waals surface area contributed by atoms with Gasteiger partial charge in [0.05, 0.1) is 0 Å². The van der Waals surface area contributed by atoms with Crippen LogP contribution in [-0.2, 0) is 0 Å². The lowest BCUT2D eigenvalue weighted by atomic mass is 9.82. The number of hydrogen-bond donors (Lipinski definition) is 2. The molecule has 2 heterocycles. The molecule has 1 saturated carbocycles. The lowest BCUT2D eigenvalue weighted by Crippen LogP contribution is -2.56. The van der Waals surface area contributed by atoms with Crippen molar-refractivity contribution in [2.24, 2.45) is 4.99 Å². The Morgan fingerprint density at radius 1 is 1.15 bits per heavy atom. The number of aliphatic imine (C=N–C) groups is 1. The van der Waals surface area contributed by atoms with Crippen molar-refractivity contribution >= 4 is 41.5 Å². The van der Waals surface area contributed by atoms with Gasteiger partial charge in [0.1, 0.15) is 0 Å². The molecule has 4 rings (SSSR count). The van der Waals surface area contributed by atoms with Crippen LogP contribution >= 0.6 is 35.6 Å². The quantitative estimate of drug-likeness (QED) is 0.384. The maximum atomic E-state index is 6.12. The van der Waals surface area contributed by atoms with Crippen molar-refractivity contribution in [1.29, 1.82) is 0 Å². The van der Waals surface area contributed by atoms with Gasteiger partial charge in [0.2, 0.25) is 0 Å². The number of rotatable bonds is 3. The molecule has 1 aromatic carbocycles. The van der Waals surface area contributed by atoms with Crippen LogP contribution in [0.4, 0.5) is 0 Å². The second kappa shape index (κ2) is 8.65. The summed E-state index contributed by atoms with van der Waals surface area (Å²) in [6.45, 7) is 0. The molecular weight excluding hydrogens is 459 g/mol. The van der Waals surface area contributed by atoms with E-state index in [2.05, 4.69) is 39.7 Å². The highest BCUT2D eigenvalue weighted by molar-refractivity contribution is 14.0. The van der Waals surface area contributed by atoms with E-state index in [1.165, 1.54) is 37.7 Å². The zero-order chi connectivity index (χ0) is 17.4. The number of benzene rings is 1. The van der Waals surface area contributed by atoms with Crippen LogP contribution in [0.3, 0.4) is 0 Å². The number of halogens is 2. The van der Waals surface area contributed by atoms with E-state index in [1.807, 2.05) is 19.2 Å². The molecule has 6 heteroatoms. The number of piperidine rings is 2. The van der Waals surface area contributed by atoms with Crippen LogP contribution in [-0.4, -0.2) is 49.1 Å². The first-order chi connectivity index (χ1) is 12.1. The van der Waals surface area contributed by atoms with Gasteiger partial charge in [-0.25, -0.2) is 0 Å². The summed E-state index contributed by atoms with van der Waals surface area (Å²) in [5.74, 6) is 1.51. The Bertz CT molecular complexity index is 638. The minimum absolute atomic E-state index is 0. The highest BCUT2D eigenvalue weighted by Gasteiger charge is 2.40. The Kier molecular flexibility index (Phi) is 6.73. The third-order valence-electron chi connectivity index (χ3n) is 6.29. The fraction of sp³-hybridized carbons (Fsp3) is 0.650. The molecule has 1 aliphatic carbocycles. The minimum atomic E-state index is 0. The van der Waals surface area contributed by atoms with Crippen molar-refractivity contribution in [2.45, 2.75) is 68.6 Å². The zero-order valence-corrected chi connectivity index (χ0v) is 18.7. The van der Waals surface area contributed by atoms with Crippen LogP contribution in [0, 0.1) is 0 Å². The topological polar surface area (TPSA) is 39.7 Å². The number of nitrogens with one attached hydrogen (secondary N) is 2. The molecule has 26 heavy (non-hydrogen) atoms. The SMILES string of the molecule is CN=C(NC1CC2CCCC(C1)N2C)NC1CC1c1cccc(Cl)c1.I. The third-order valence-corrected chi connectivity index (χ3v) is 6.53. The summed E-state index contributed by atoms with van der Waals surface area (Å²) < 4.78 is 0. The number of guanidine groups is 1. The van der Waals surface area contributed by atoms with Crippen LogP contribution in [0.1, 0.15) is 50.0 Å². The normalized spacial score (nSPS) is 34.0. The fourth-order valence-corrected chi connectivity index (χ4v) is 4.93. The molecule has 2 aliphatic heterocycles. The summed E-state index contributed by atoms with van der Waals surface area (Å²) in [7, 11) is 4.18. The van der Waals surface area contributed by atoms with Gasteiger partial charge >= 0.3 is 0 Å². The molecule has 0 spiro atoms. The molecule has 0 aromatic heterocycles. The van der Waals surface area contributed by atoms with Crippen LogP contribution in [0.5, 0.6) is 0 Å². The van der Waals surface area contributed by atoms with E-state index in [4.69, 9.17) is 11.6 Å². The van der Waals surface area contributed by atoms with Gasteiger partial charge < -0.3 is 15.5 Å². The maximum absolute atomic E-state index is 6.12. The summed E-state index contributed by atoms with van der Waals surface area (Å²) in [4.78, 5) is 7.08. The van der Waals surface area contributed by atoms with Gasteiger partial charge in [0.25, 0.3) is 0 Å². The third kappa shape index (κ3) is 4.47. The second-order valence-corrected chi connectivity index (χ2v) is 8.37. The van der Waals surface area contributed by atoms with Gasteiger partial charge in [-0.05, 0) is 56.8 Å². The van der Waals surface area contributed by atoms with Crippen LogP contribution in [0.2, 0.25) is 5.02 Å². The van der Waals surface area contributed by atoms with E-state index >= 15 is 0 Å². The van der Waals surface area contributed by atoms with Crippen LogP contribution < -0.4 is 10.6 Å². The molecule has 4 atom stereocenters. The Morgan fingerprint density at radius 3 is 2.54 bits per heavy atom. The first-order valence-electron chi connectivity index (χ1n) is 9.61. The van der Waals surface area contributed by atoms with Crippen molar-refractivity contribution in [3.63, 3.8) is 0 Å². The Labute approximate surface area is 179 Å². The molecule has 0 radical (unpaired) electrons. The first-order valence-corrected chi connectivity index (χ1v) is 9.99. The molecule has 2 saturated heterocycles. The summed E-state index contributed by atoms with van der Waals surface area (Å²) in [6.07, 6.45) is 7.70. The van der Waals surface area contributed by atoms with E-state index < -0.39 is 0 Å².